The van der Waals surface area contributed by atoms with Crippen LogP contribution in [0.25, 0.3) is 0 Å². The molecule has 0 spiro atoms. The summed E-state index contributed by atoms with van der Waals surface area (Å²) in [4.78, 5) is 43.6. The Hall–Kier alpha value is -6.42. The Morgan fingerprint density at radius 1 is 0.679 bits per heavy atom. The molecule has 0 saturated carbocycles. The van der Waals surface area contributed by atoms with Crippen LogP contribution in [0.15, 0.2) is 79.8 Å². The Bertz CT molecular complexity index is 3490. The number of Topliss-reactive ketones (excluding diaryl/α,β-unsaturated/α-hetero) is 2. The molecule has 0 unspecified atom stereocenters. The summed E-state index contributed by atoms with van der Waals surface area (Å²) in [6, 6.07) is 17.1. The Morgan fingerprint density at radius 2 is 1.17 bits per heavy atom. The lowest BCUT2D eigenvalue weighted by Crippen LogP contribution is -2.26. The van der Waals surface area contributed by atoms with Crippen molar-refractivity contribution in [2.45, 2.75) is 102 Å². The summed E-state index contributed by atoms with van der Waals surface area (Å²) in [5.41, 5.74) is 16.3. The van der Waals surface area contributed by atoms with E-state index in [-0.39, 0.29) is 72.7 Å². The molecular weight excluding hydrogens is 1100 g/mol. The molecule has 418 valence electrons. The van der Waals surface area contributed by atoms with Gasteiger partial charge in [-0.3, -0.25) is 18.7 Å². The molecule has 8 rings (SSSR count). The van der Waals surface area contributed by atoms with E-state index in [1.54, 1.807) is 26.4 Å². The Kier molecular flexibility index (Phi) is 18.2. The van der Waals surface area contributed by atoms with Crippen molar-refractivity contribution < 1.29 is 45.0 Å². The topological polar surface area (TPSA) is 307 Å². The average molecular weight is 1160 g/mol. The van der Waals surface area contributed by atoms with E-state index in [0.29, 0.717) is 75.8 Å². The zero-order chi connectivity index (χ0) is 57.1. The van der Waals surface area contributed by atoms with Gasteiger partial charge in [0.15, 0.2) is 21.7 Å². The van der Waals surface area contributed by atoms with Gasteiger partial charge in [0.05, 0.1) is 52.4 Å². The molecule has 3 aromatic heterocycles. The number of ketones is 2. The summed E-state index contributed by atoms with van der Waals surface area (Å²) in [6.45, 7) is 18.5. The summed E-state index contributed by atoms with van der Waals surface area (Å²) >= 11 is 3.26. The number of benzene rings is 3. The van der Waals surface area contributed by atoms with Crippen molar-refractivity contribution >= 4 is 122 Å². The number of hydrogen-bond acceptors (Lipinski definition) is 22. The molecule has 26 heteroatoms. The van der Waals surface area contributed by atoms with Gasteiger partial charge in [-0.25, -0.2) is 0 Å². The molecule has 78 heavy (non-hydrogen) atoms. The first kappa shape index (κ1) is 59.2. The van der Waals surface area contributed by atoms with Gasteiger partial charge < -0.3 is 41.4 Å². The van der Waals surface area contributed by atoms with Crippen molar-refractivity contribution in [1.82, 2.24) is 15.0 Å². The van der Waals surface area contributed by atoms with Crippen LogP contribution in [0.3, 0.4) is 0 Å². The number of nitrogens with one attached hydrogen (secondary N) is 2. The third kappa shape index (κ3) is 13.5. The fourth-order valence-corrected chi connectivity index (χ4v) is 14.6. The molecule has 0 atom stereocenters. The quantitative estimate of drug-likeness (QED) is 0.0190. The lowest BCUT2D eigenvalue weighted by atomic mass is 9.76. The van der Waals surface area contributed by atoms with Crippen molar-refractivity contribution in [2.75, 3.05) is 72.3 Å². The SMILES string of the molecule is CC1(C)CC(=O)c2sc(N)c(S(=O)(=O)O)c2C1.CCN(CC)c1cc(Nc2nc(Nc3cc(N(CC)CC)c(OC)cc3N=Nc3sc4c(c3S(=O)(=O)O)CC(C)(C)CC4=O)nc(SCc3ccccc3)n2)c(N)cc1OC. The highest BCUT2D eigenvalue weighted by Crippen LogP contribution is 2.49. The maximum absolute atomic E-state index is 13.2. The second-order valence-electron chi connectivity index (χ2n) is 20.0. The molecule has 2 aliphatic rings. The fraction of sp³-hybridized carbons (Fsp3) is 0.404. The first-order valence-electron chi connectivity index (χ1n) is 24.9. The monoisotopic (exact) mass is 1160 g/mol. The van der Waals surface area contributed by atoms with Crippen LogP contribution < -0.4 is 41.4 Å². The summed E-state index contributed by atoms with van der Waals surface area (Å²) in [5.74, 6) is 1.75. The molecule has 0 aliphatic heterocycles. The second kappa shape index (κ2) is 23.9. The summed E-state index contributed by atoms with van der Waals surface area (Å²) in [7, 11) is -6.00. The number of carbonyl (C=O) groups is 2. The first-order valence-corrected chi connectivity index (χ1v) is 30.4. The average Bonchev–Trinajstić information content (AvgIpc) is 4.01. The molecule has 6 aromatic rings. The van der Waals surface area contributed by atoms with Gasteiger partial charge in [-0.1, -0.05) is 69.8 Å². The third-order valence-corrected chi connectivity index (χ3v) is 18.3. The highest BCUT2D eigenvalue weighted by molar-refractivity contribution is 7.98. The molecule has 0 amide bonds. The lowest BCUT2D eigenvalue weighted by molar-refractivity contribution is 0.0907. The smallest absolute Gasteiger partial charge is 0.297 e. The van der Waals surface area contributed by atoms with Crippen molar-refractivity contribution in [3.63, 3.8) is 0 Å². The number of aromatic nitrogens is 3. The molecule has 0 bridgehead atoms. The highest BCUT2D eigenvalue weighted by Gasteiger charge is 2.40. The van der Waals surface area contributed by atoms with Crippen molar-refractivity contribution in [3.05, 3.63) is 81.0 Å². The zero-order valence-corrected chi connectivity index (χ0v) is 49.1. The number of ether oxygens (including phenoxy) is 2. The van der Waals surface area contributed by atoms with E-state index in [0.717, 1.165) is 52.7 Å². The molecule has 2 aliphatic carbocycles. The molecule has 21 nitrogen and oxygen atoms in total. The number of carbonyl (C=O) groups excluding carboxylic acids is 2. The number of anilines is 8. The maximum Gasteiger partial charge on any atom is 0.297 e. The maximum atomic E-state index is 13.2. The Labute approximate surface area is 467 Å². The van der Waals surface area contributed by atoms with Crippen molar-refractivity contribution in [1.29, 1.82) is 0 Å². The number of fused-ring (bicyclic) bond motifs is 2. The molecule has 3 aromatic carbocycles. The van der Waals surface area contributed by atoms with Gasteiger partial charge in [0.1, 0.15) is 32.0 Å². The Morgan fingerprint density at radius 3 is 1.68 bits per heavy atom. The summed E-state index contributed by atoms with van der Waals surface area (Å²) in [6.07, 6.45) is 1.30. The van der Waals surface area contributed by atoms with E-state index in [9.17, 15) is 31.0 Å². The van der Waals surface area contributed by atoms with Crippen LogP contribution in [-0.2, 0) is 38.8 Å². The molecule has 0 radical (unpaired) electrons. The zero-order valence-electron chi connectivity index (χ0n) is 45.0. The van der Waals surface area contributed by atoms with Crippen LogP contribution >= 0.6 is 34.4 Å². The number of azo groups is 1. The van der Waals surface area contributed by atoms with Crippen LogP contribution in [0.2, 0.25) is 0 Å². The highest BCUT2D eigenvalue weighted by atomic mass is 32.2. The number of thioether (sulfide) groups is 1. The largest absolute Gasteiger partial charge is 0.495 e. The van der Waals surface area contributed by atoms with Crippen LogP contribution in [0.1, 0.15) is 104 Å². The summed E-state index contributed by atoms with van der Waals surface area (Å²) in [5, 5.41) is 15.9. The minimum Gasteiger partial charge on any atom is -0.495 e. The van der Waals surface area contributed by atoms with Gasteiger partial charge in [0.2, 0.25) is 11.9 Å². The van der Waals surface area contributed by atoms with Gasteiger partial charge in [0, 0.05) is 56.9 Å². The van der Waals surface area contributed by atoms with Crippen molar-refractivity contribution in [2.24, 2.45) is 21.1 Å². The number of nitrogens with two attached hydrogens (primary N) is 2. The van der Waals surface area contributed by atoms with E-state index in [1.807, 2.05) is 84.0 Å². The predicted molar refractivity (Wildman–Crippen MR) is 310 cm³/mol. The summed E-state index contributed by atoms with van der Waals surface area (Å²) < 4.78 is 79.3. The third-order valence-electron chi connectivity index (χ3n) is 13.0. The van der Waals surface area contributed by atoms with Crippen LogP contribution in [0, 0.1) is 10.8 Å². The fourth-order valence-electron chi connectivity index (χ4n) is 9.38. The number of nitrogens with zero attached hydrogens (tertiary/aromatic N) is 7. The van der Waals surface area contributed by atoms with Crippen LogP contribution in [0.5, 0.6) is 11.5 Å². The number of rotatable bonds is 19. The molecule has 3 heterocycles. The first-order chi connectivity index (χ1) is 36.7. The van der Waals surface area contributed by atoms with Crippen molar-refractivity contribution in [3.8, 4) is 11.5 Å². The van der Waals surface area contributed by atoms with E-state index < -0.39 is 30.5 Å². The van der Waals surface area contributed by atoms with Gasteiger partial charge in [-0.15, -0.1) is 32.9 Å². The van der Waals surface area contributed by atoms with Crippen LogP contribution in [0.4, 0.5) is 56.0 Å². The molecule has 8 N–H and O–H groups in total. The van der Waals surface area contributed by atoms with Gasteiger partial charge in [-0.2, -0.15) is 31.8 Å². The van der Waals surface area contributed by atoms with E-state index >= 15 is 0 Å². The number of methoxy groups -OCH3 is 2. The minimum absolute atomic E-state index is 0.0106. The normalized spacial score (nSPS) is 14.8. The number of thiophene rings is 2. The van der Waals surface area contributed by atoms with E-state index in [4.69, 9.17) is 40.4 Å². The molecule has 0 saturated heterocycles. The predicted octanol–water partition coefficient (Wildman–Crippen LogP) is 11.6. The standard InChI is InChI=1S/C42H52N10O6S3.C10H13NO4S2/c1-9-51(10-2)31-19-28(27(43)18-34(31)57-7)44-39-46-40(48-41(47-39)59-24-25-16-14-13-15-17-25)45-29-20-32(52(11-3)12-4)35(58-8)21-30(29)49-50-38-37(61(54,55)56)26-22-42(5,6)23-33(53)36(26)60-38;1-10(2)3-5-7(6(12)4-10)16-9(11)8(5)17(13,14)15/h13-21H,9-12,22-24,43H2,1-8H3,(H,54,55,56)(H2,44,45,46,47,48);3-4,11H2,1-2H3,(H,13,14,15). The lowest BCUT2D eigenvalue weighted by Gasteiger charge is -2.28. The van der Waals surface area contributed by atoms with E-state index in [2.05, 4.69) is 44.5 Å². The van der Waals surface area contributed by atoms with Gasteiger partial charge in [-0.05, 0) is 80.2 Å². The molecular formula is C52H65N11O10S5. The van der Waals surface area contributed by atoms with E-state index in [1.165, 1.54) is 11.8 Å². The van der Waals surface area contributed by atoms with Crippen LogP contribution in [-0.4, -0.2) is 92.9 Å². The number of hydrogen-bond donors (Lipinski definition) is 6. The number of nitrogen functional groups attached to an aromatic ring is 2. The van der Waals surface area contributed by atoms with Gasteiger partial charge >= 0.3 is 0 Å². The van der Waals surface area contributed by atoms with Gasteiger partial charge in [0.25, 0.3) is 20.2 Å². The Balaban J connectivity index is 0.000000439. The molecule has 0 fully saturated rings. The minimum atomic E-state index is -4.78. The second-order valence-corrected chi connectivity index (χ2v) is 25.7.